The van der Waals surface area contributed by atoms with Crippen molar-refractivity contribution in [1.82, 2.24) is 4.90 Å². The van der Waals surface area contributed by atoms with Crippen LogP contribution >= 0.6 is 0 Å². The number of nitrogens with zero attached hydrogens (tertiary/aromatic N) is 1. The summed E-state index contributed by atoms with van der Waals surface area (Å²) in [5.41, 5.74) is 2.53. The average molecular weight is 560 g/mol. The standard InChI is InChI=1S/C26H29N3O7S2/c1-18-4-10-24(19(2)16-18)28-37(31,32)21-7-5-20(6-8-21)27-38(33,34)22-9-11-25(35-3)23(17-22)26(30)29-12-14-36-15-13-29/h4-11,16-17,27-28H,12-15H2,1-3H3. The van der Waals surface area contributed by atoms with Gasteiger partial charge in [0.05, 0.1) is 41.4 Å². The lowest BCUT2D eigenvalue weighted by Crippen LogP contribution is -2.40. The second-order valence-corrected chi connectivity index (χ2v) is 12.2. The van der Waals surface area contributed by atoms with Gasteiger partial charge in [-0.2, -0.15) is 0 Å². The van der Waals surface area contributed by atoms with E-state index < -0.39 is 20.0 Å². The maximum atomic E-state index is 13.1. The Kier molecular flexibility index (Phi) is 7.95. The second kappa shape index (κ2) is 11.0. The third kappa shape index (κ3) is 6.09. The van der Waals surface area contributed by atoms with Gasteiger partial charge in [-0.3, -0.25) is 14.2 Å². The number of hydrogen-bond acceptors (Lipinski definition) is 7. The van der Waals surface area contributed by atoms with Gasteiger partial charge < -0.3 is 14.4 Å². The highest BCUT2D eigenvalue weighted by atomic mass is 32.2. The number of sulfonamides is 2. The molecule has 0 saturated carbocycles. The topological polar surface area (TPSA) is 131 Å². The van der Waals surface area contributed by atoms with E-state index in [9.17, 15) is 21.6 Å². The molecule has 38 heavy (non-hydrogen) atoms. The van der Waals surface area contributed by atoms with Crippen LogP contribution in [0.15, 0.2) is 70.5 Å². The molecular formula is C26H29N3O7S2. The first kappa shape index (κ1) is 27.4. The molecule has 1 aliphatic rings. The largest absolute Gasteiger partial charge is 0.496 e. The molecule has 0 atom stereocenters. The molecule has 1 amide bonds. The highest BCUT2D eigenvalue weighted by Crippen LogP contribution is 2.27. The van der Waals surface area contributed by atoms with Crippen molar-refractivity contribution in [1.29, 1.82) is 0 Å². The summed E-state index contributed by atoms with van der Waals surface area (Å²) in [6.07, 6.45) is 0. The molecular weight excluding hydrogens is 530 g/mol. The Hall–Kier alpha value is -3.61. The van der Waals surface area contributed by atoms with Crippen LogP contribution in [0.5, 0.6) is 5.75 Å². The Morgan fingerprint density at radius 1 is 0.842 bits per heavy atom. The average Bonchev–Trinajstić information content (AvgIpc) is 2.90. The summed E-state index contributed by atoms with van der Waals surface area (Å²) in [6.45, 7) is 5.32. The molecule has 4 rings (SSSR count). The van der Waals surface area contributed by atoms with Crippen LogP contribution in [-0.4, -0.2) is 61.1 Å². The Bertz CT molecular complexity index is 1550. The highest BCUT2D eigenvalue weighted by Gasteiger charge is 2.25. The van der Waals surface area contributed by atoms with Crippen molar-refractivity contribution >= 4 is 37.3 Å². The smallest absolute Gasteiger partial charge is 0.261 e. The first-order chi connectivity index (χ1) is 18.0. The van der Waals surface area contributed by atoms with Crippen molar-refractivity contribution in [2.45, 2.75) is 23.6 Å². The number of amides is 1. The lowest BCUT2D eigenvalue weighted by atomic mass is 10.1. The van der Waals surface area contributed by atoms with E-state index in [1.807, 2.05) is 26.0 Å². The van der Waals surface area contributed by atoms with E-state index in [-0.39, 0.29) is 32.7 Å². The second-order valence-electron chi connectivity index (χ2n) is 8.82. The van der Waals surface area contributed by atoms with Gasteiger partial charge in [0.25, 0.3) is 26.0 Å². The summed E-state index contributed by atoms with van der Waals surface area (Å²) in [5, 5.41) is 0. The maximum absolute atomic E-state index is 13.1. The van der Waals surface area contributed by atoms with Crippen molar-refractivity contribution in [3.8, 4) is 5.75 Å². The predicted molar refractivity (Wildman–Crippen MR) is 144 cm³/mol. The number of anilines is 2. The Labute approximate surface area is 222 Å². The van der Waals surface area contributed by atoms with Crippen LogP contribution in [-0.2, 0) is 24.8 Å². The Morgan fingerprint density at radius 3 is 2.11 bits per heavy atom. The minimum atomic E-state index is -4.10. The van der Waals surface area contributed by atoms with Gasteiger partial charge in [0.2, 0.25) is 0 Å². The number of hydrogen-bond donors (Lipinski definition) is 2. The first-order valence-electron chi connectivity index (χ1n) is 11.8. The molecule has 0 bridgehead atoms. The SMILES string of the molecule is COc1ccc(S(=O)(=O)Nc2ccc(S(=O)(=O)Nc3ccc(C)cc3C)cc2)cc1C(=O)N1CCOCC1. The number of benzene rings is 3. The molecule has 3 aromatic rings. The molecule has 10 nitrogen and oxygen atoms in total. The molecule has 0 aromatic heterocycles. The maximum Gasteiger partial charge on any atom is 0.261 e. The normalized spacial score (nSPS) is 14.1. The number of ether oxygens (including phenoxy) is 2. The zero-order valence-corrected chi connectivity index (χ0v) is 22.9. The van der Waals surface area contributed by atoms with E-state index in [0.29, 0.717) is 32.0 Å². The fourth-order valence-electron chi connectivity index (χ4n) is 4.01. The van der Waals surface area contributed by atoms with E-state index in [4.69, 9.17) is 9.47 Å². The predicted octanol–water partition coefficient (Wildman–Crippen LogP) is 3.39. The van der Waals surface area contributed by atoms with Gasteiger partial charge in [-0.25, -0.2) is 16.8 Å². The summed E-state index contributed by atoms with van der Waals surface area (Å²) in [5.74, 6) is -0.0978. The van der Waals surface area contributed by atoms with Crippen LogP contribution in [0.3, 0.4) is 0 Å². The molecule has 0 unspecified atom stereocenters. The number of methoxy groups -OCH3 is 1. The molecule has 202 valence electrons. The zero-order chi connectivity index (χ0) is 27.5. The number of aryl methyl sites for hydroxylation is 2. The summed E-state index contributed by atoms with van der Waals surface area (Å²) in [6, 6.07) is 14.7. The molecule has 2 N–H and O–H groups in total. The van der Waals surface area contributed by atoms with Gasteiger partial charge in [-0.05, 0) is 67.9 Å². The summed E-state index contributed by atoms with van der Waals surface area (Å²) >= 11 is 0. The van der Waals surface area contributed by atoms with Crippen LogP contribution in [0.2, 0.25) is 0 Å². The molecule has 0 spiro atoms. The van der Waals surface area contributed by atoms with Crippen LogP contribution in [0.4, 0.5) is 11.4 Å². The number of carbonyl (C=O) groups excluding carboxylic acids is 1. The monoisotopic (exact) mass is 559 g/mol. The summed E-state index contributed by atoms with van der Waals surface area (Å²) in [4.78, 5) is 14.4. The van der Waals surface area contributed by atoms with E-state index in [0.717, 1.165) is 11.1 Å². The third-order valence-corrected chi connectivity index (χ3v) is 8.81. The van der Waals surface area contributed by atoms with Crippen molar-refractivity contribution < 1.29 is 31.1 Å². The molecule has 1 aliphatic heterocycles. The lowest BCUT2D eigenvalue weighted by Gasteiger charge is -2.27. The summed E-state index contributed by atoms with van der Waals surface area (Å²) < 4.78 is 67.5. The van der Waals surface area contributed by atoms with E-state index >= 15 is 0 Å². The van der Waals surface area contributed by atoms with Crippen LogP contribution in [0.1, 0.15) is 21.5 Å². The molecule has 3 aromatic carbocycles. The summed E-state index contributed by atoms with van der Waals surface area (Å²) in [7, 11) is -6.58. The van der Waals surface area contributed by atoms with Crippen molar-refractivity contribution in [2.24, 2.45) is 0 Å². The van der Waals surface area contributed by atoms with E-state index in [1.165, 1.54) is 49.6 Å². The lowest BCUT2D eigenvalue weighted by molar-refractivity contribution is 0.0300. The molecule has 1 fully saturated rings. The van der Waals surface area contributed by atoms with Gasteiger partial charge in [-0.15, -0.1) is 0 Å². The van der Waals surface area contributed by atoms with Crippen LogP contribution in [0, 0.1) is 13.8 Å². The van der Waals surface area contributed by atoms with E-state index in [2.05, 4.69) is 9.44 Å². The zero-order valence-electron chi connectivity index (χ0n) is 21.2. The molecule has 12 heteroatoms. The third-order valence-electron chi connectivity index (χ3n) is 6.05. The fraction of sp³-hybridized carbons (Fsp3) is 0.269. The Morgan fingerprint density at radius 2 is 1.47 bits per heavy atom. The number of carbonyl (C=O) groups is 1. The van der Waals surface area contributed by atoms with Gasteiger partial charge in [0.1, 0.15) is 5.75 Å². The molecule has 0 aliphatic carbocycles. The molecule has 1 heterocycles. The minimum Gasteiger partial charge on any atom is -0.496 e. The number of rotatable bonds is 8. The molecule has 1 saturated heterocycles. The van der Waals surface area contributed by atoms with Crippen molar-refractivity contribution in [3.05, 3.63) is 77.4 Å². The van der Waals surface area contributed by atoms with Gasteiger partial charge >= 0.3 is 0 Å². The number of nitrogens with one attached hydrogen (secondary N) is 2. The van der Waals surface area contributed by atoms with Crippen molar-refractivity contribution in [3.63, 3.8) is 0 Å². The van der Waals surface area contributed by atoms with Crippen LogP contribution < -0.4 is 14.2 Å². The quantitative estimate of drug-likeness (QED) is 0.433. The fourth-order valence-corrected chi connectivity index (χ4v) is 6.22. The minimum absolute atomic E-state index is 0.0248. The van der Waals surface area contributed by atoms with Gasteiger partial charge in [0, 0.05) is 18.8 Å². The first-order valence-corrected chi connectivity index (χ1v) is 14.7. The van der Waals surface area contributed by atoms with Gasteiger partial charge in [0.15, 0.2) is 0 Å². The van der Waals surface area contributed by atoms with E-state index in [1.54, 1.807) is 11.0 Å². The Balaban J connectivity index is 1.53. The number of morpholine rings is 1. The van der Waals surface area contributed by atoms with Crippen molar-refractivity contribution in [2.75, 3.05) is 42.9 Å². The van der Waals surface area contributed by atoms with Crippen LogP contribution in [0.25, 0.3) is 0 Å². The molecule has 0 radical (unpaired) electrons. The highest BCUT2D eigenvalue weighted by molar-refractivity contribution is 7.93. The van der Waals surface area contributed by atoms with Gasteiger partial charge in [-0.1, -0.05) is 17.7 Å².